The van der Waals surface area contributed by atoms with Gasteiger partial charge in [0, 0.05) is 6.54 Å². The van der Waals surface area contributed by atoms with Crippen LogP contribution in [-0.2, 0) is 11.2 Å². The van der Waals surface area contributed by atoms with Gasteiger partial charge in [-0.05, 0) is 61.7 Å². The number of aromatic hydroxyl groups is 1. The van der Waals surface area contributed by atoms with Crippen molar-refractivity contribution in [2.75, 3.05) is 6.54 Å². The van der Waals surface area contributed by atoms with Crippen LogP contribution in [0.2, 0.25) is 0 Å². The molecule has 1 amide bonds. The molecule has 2 N–H and O–H groups in total. The van der Waals surface area contributed by atoms with E-state index < -0.39 is 0 Å². The second kappa shape index (κ2) is 9.60. The monoisotopic (exact) mass is 329 g/mol. The molecule has 0 aliphatic carbocycles. The minimum absolute atomic E-state index is 0.0218. The average molecular weight is 329 g/mol. The Morgan fingerprint density at radius 2 is 1.62 bits per heavy atom. The number of carbonyl (C=O) groups excluding carboxylic acids is 1. The molecule has 0 heterocycles. The summed E-state index contributed by atoms with van der Waals surface area (Å²) in [6, 6.07) is 10.6. The lowest BCUT2D eigenvalue weighted by Crippen LogP contribution is -2.24. The molecule has 2 aromatic rings. The highest BCUT2D eigenvalue weighted by atomic mass is 16.5. The SMILES string of the molecule is CC.CCNC(=O)Cc1cc(C)c(Oc2ccc(O)cc2)c(C)c1. The molecule has 2 aromatic carbocycles. The molecule has 0 saturated heterocycles. The summed E-state index contributed by atoms with van der Waals surface area (Å²) in [6.07, 6.45) is 0.370. The fraction of sp³-hybridized carbons (Fsp3) is 0.350. The Hall–Kier alpha value is -2.49. The number of ether oxygens (including phenoxy) is 1. The van der Waals surface area contributed by atoms with Crippen LogP contribution >= 0.6 is 0 Å². The Kier molecular flexibility index (Phi) is 7.83. The van der Waals surface area contributed by atoms with Crippen LogP contribution in [0.1, 0.15) is 37.5 Å². The van der Waals surface area contributed by atoms with Gasteiger partial charge in [-0.15, -0.1) is 0 Å². The lowest BCUT2D eigenvalue weighted by molar-refractivity contribution is -0.120. The molecule has 0 bridgehead atoms. The summed E-state index contributed by atoms with van der Waals surface area (Å²) in [5, 5.41) is 12.1. The van der Waals surface area contributed by atoms with Gasteiger partial charge < -0.3 is 15.2 Å². The van der Waals surface area contributed by atoms with E-state index in [1.54, 1.807) is 24.3 Å². The summed E-state index contributed by atoms with van der Waals surface area (Å²) >= 11 is 0. The van der Waals surface area contributed by atoms with Crippen LogP contribution in [0.15, 0.2) is 36.4 Å². The zero-order chi connectivity index (χ0) is 18.1. The standard InChI is InChI=1S/C18H21NO3.C2H6/c1-4-19-17(21)11-14-9-12(2)18(13(3)10-14)22-16-7-5-15(20)6-8-16;1-2/h5-10,20H,4,11H2,1-3H3,(H,19,21);1-2H3. The quantitative estimate of drug-likeness (QED) is 0.849. The van der Waals surface area contributed by atoms with E-state index in [0.29, 0.717) is 18.7 Å². The molecule has 0 aromatic heterocycles. The van der Waals surface area contributed by atoms with E-state index in [9.17, 15) is 9.90 Å². The van der Waals surface area contributed by atoms with Gasteiger partial charge in [0.1, 0.15) is 17.2 Å². The predicted octanol–water partition coefficient (Wildman–Crippen LogP) is 4.51. The zero-order valence-corrected chi connectivity index (χ0v) is 15.1. The van der Waals surface area contributed by atoms with E-state index in [1.807, 2.05) is 46.8 Å². The Bertz CT molecular complexity index is 640. The van der Waals surface area contributed by atoms with Crippen LogP contribution in [0, 0.1) is 13.8 Å². The molecule has 2 rings (SSSR count). The van der Waals surface area contributed by atoms with Gasteiger partial charge >= 0.3 is 0 Å². The number of aryl methyl sites for hydroxylation is 2. The first kappa shape index (κ1) is 19.6. The van der Waals surface area contributed by atoms with Gasteiger partial charge in [0.25, 0.3) is 0 Å². The number of carbonyl (C=O) groups is 1. The predicted molar refractivity (Wildman–Crippen MR) is 97.8 cm³/mol. The Labute approximate surface area is 144 Å². The number of hydrogen-bond acceptors (Lipinski definition) is 3. The summed E-state index contributed by atoms with van der Waals surface area (Å²) in [5.41, 5.74) is 2.93. The molecule has 0 aliphatic heterocycles. The first-order valence-corrected chi connectivity index (χ1v) is 8.33. The number of hydrogen-bond donors (Lipinski definition) is 2. The molecule has 0 saturated carbocycles. The Morgan fingerprint density at radius 1 is 1.08 bits per heavy atom. The van der Waals surface area contributed by atoms with E-state index in [1.165, 1.54) is 0 Å². The number of phenols is 1. The van der Waals surface area contributed by atoms with Gasteiger partial charge in [-0.25, -0.2) is 0 Å². The molecule has 4 nitrogen and oxygen atoms in total. The Morgan fingerprint density at radius 3 is 2.12 bits per heavy atom. The van der Waals surface area contributed by atoms with Gasteiger partial charge in [-0.1, -0.05) is 26.0 Å². The molecule has 130 valence electrons. The van der Waals surface area contributed by atoms with Gasteiger partial charge in [0.15, 0.2) is 0 Å². The summed E-state index contributed by atoms with van der Waals surface area (Å²) in [5.74, 6) is 1.68. The first-order chi connectivity index (χ1) is 11.5. The third kappa shape index (κ3) is 5.61. The fourth-order valence-electron chi connectivity index (χ4n) is 2.38. The molecule has 24 heavy (non-hydrogen) atoms. The number of benzene rings is 2. The van der Waals surface area contributed by atoms with Crippen LogP contribution in [0.25, 0.3) is 0 Å². The van der Waals surface area contributed by atoms with Crippen LogP contribution in [0.4, 0.5) is 0 Å². The van der Waals surface area contributed by atoms with E-state index in [4.69, 9.17) is 4.74 Å². The molecule has 0 aliphatic rings. The van der Waals surface area contributed by atoms with E-state index >= 15 is 0 Å². The summed E-state index contributed by atoms with van der Waals surface area (Å²) in [4.78, 5) is 11.7. The summed E-state index contributed by atoms with van der Waals surface area (Å²) in [6.45, 7) is 10.5. The van der Waals surface area contributed by atoms with Crippen LogP contribution in [-0.4, -0.2) is 17.6 Å². The van der Waals surface area contributed by atoms with Gasteiger partial charge in [0.05, 0.1) is 6.42 Å². The average Bonchev–Trinajstić information content (AvgIpc) is 2.55. The van der Waals surface area contributed by atoms with Crippen molar-refractivity contribution >= 4 is 5.91 Å². The maximum absolute atomic E-state index is 11.7. The van der Waals surface area contributed by atoms with Crippen molar-refractivity contribution in [1.82, 2.24) is 5.32 Å². The maximum atomic E-state index is 11.7. The van der Waals surface area contributed by atoms with Gasteiger partial charge in [-0.3, -0.25) is 4.79 Å². The molecule has 0 radical (unpaired) electrons. The van der Waals surface area contributed by atoms with Gasteiger partial charge in [0.2, 0.25) is 5.91 Å². The third-order valence-corrected chi connectivity index (χ3v) is 3.32. The van der Waals surface area contributed by atoms with Crippen molar-refractivity contribution in [3.63, 3.8) is 0 Å². The number of likely N-dealkylation sites (N-methyl/N-ethyl adjacent to an activating group) is 1. The van der Waals surface area contributed by atoms with Crippen molar-refractivity contribution in [2.24, 2.45) is 0 Å². The van der Waals surface area contributed by atoms with E-state index in [0.717, 1.165) is 22.4 Å². The lowest BCUT2D eigenvalue weighted by Gasteiger charge is -2.14. The minimum Gasteiger partial charge on any atom is -0.508 e. The zero-order valence-electron chi connectivity index (χ0n) is 15.1. The van der Waals surface area contributed by atoms with Crippen LogP contribution in [0.3, 0.4) is 0 Å². The summed E-state index contributed by atoms with van der Waals surface area (Å²) in [7, 11) is 0. The van der Waals surface area contributed by atoms with Crippen molar-refractivity contribution in [1.29, 1.82) is 0 Å². The molecule has 0 spiro atoms. The van der Waals surface area contributed by atoms with Crippen molar-refractivity contribution < 1.29 is 14.6 Å². The maximum Gasteiger partial charge on any atom is 0.224 e. The molecule has 0 atom stereocenters. The number of phenolic OH excluding ortho intramolecular Hbond substituents is 1. The first-order valence-electron chi connectivity index (χ1n) is 8.33. The third-order valence-electron chi connectivity index (χ3n) is 3.32. The second-order valence-corrected chi connectivity index (χ2v) is 5.28. The van der Waals surface area contributed by atoms with E-state index in [-0.39, 0.29) is 11.7 Å². The largest absolute Gasteiger partial charge is 0.508 e. The highest BCUT2D eigenvalue weighted by Crippen LogP contribution is 2.30. The van der Waals surface area contributed by atoms with E-state index in [2.05, 4.69) is 5.32 Å². The number of nitrogens with one attached hydrogen (secondary N) is 1. The lowest BCUT2D eigenvalue weighted by atomic mass is 10.0. The van der Waals surface area contributed by atoms with Crippen LogP contribution in [0.5, 0.6) is 17.2 Å². The van der Waals surface area contributed by atoms with Crippen molar-refractivity contribution in [3.8, 4) is 17.2 Å². The molecule has 0 unspecified atom stereocenters. The van der Waals surface area contributed by atoms with Crippen molar-refractivity contribution in [3.05, 3.63) is 53.1 Å². The highest BCUT2D eigenvalue weighted by Gasteiger charge is 2.10. The molecule has 0 fully saturated rings. The number of rotatable bonds is 5. The van der Waals surface area contributed by atoms with Crippen molar-refractivity contribution in [2.45, 2.75) is 41.0 Å². The fourth-order valence-corrected chi connectivity index (χ4v) is 2.38. The number of amides is 1. The molecular formula is C20H27NO3. The van der Waals surface area contributed by atoms with Crippen LogP contribution < -0.4 is 10.1 Å². The Balaban J connectivity index is 0.00000139. The topological polar surface area (TPSA) is 58.6 Å². The molecule has 4 heteroatoms. The minimum atomic E-state index is 0.0218. The highest BCUT2D eigenvalue weighted by molar-refractivity contribution is 5.78. The molecular weight excluding hydrogens is 302 g/mol. The smallest absolute Gasteiger partial charge is 0.224 e. The second-order valence-electron chi connectivity index (χ2n) is 5.28. The van der Waals surface area contributed by atoms with Gasteiger partial charge in [-0.2, -0.15) is 0 Å². The summed E-state index contributed by atoms with van der Waals surface area (Å²) < 4.78 is 5.89. The normalized spacial score (nSPS) is 9.71.